The van der Waals surface area contributed by atoms with Crippen molar-refractivity contribution in [3.63, 3.8) is 0 Å². The van der Waals surface area contributed by atoms with Crippen LogP contribution in [0.25, 0.3) is 0 Å². The molecule has 7 nitrogen and oxygen atoms in total. The summed E-state index contributed by atoms with van der Waals surface area (Å²) < 4.78 is 28.3. The molecule has 0 aliphatic heterocycles. The largest absolute Gasteiger partial charge is 0.449 e. The molecule has 0 bridgehead atoms. The maximum Gasteiger partial charge on any atom is 0.338 e. The molecule has 8 heteroatoms. The van der Waals surface area contributed by atoms with E-state index in [0.717, 1.165) is 0 Å². The summed E-state index contributed by atoms with van der Waals surface area (Å²) in [5.41, 5.74) is 0.680. The number of carbonyl (C=O) groups excluding carboxylic acids is 2. The Morgan fingerprint density at radius 1 is 1.20 bits per heavy atom. The van der Waals surface area contributed by atoms with Gasteiger partial charge in [0, 0.05) is 6.54 Å². The maximum atomic E-state index is 12.0. The minimum absolute atomic E-state index is 0.213. The number of sulfone groups is 1. The molecule has 0 aliphatic carbocycles. The molecule has 136 valence electrons. The van der Waals surface area contributed by atoms with Crippen LogP contribution in [0.1, 0.15) is 36.7 Å². The van der Waals surface area contributed by atoms with Gasteiger partial charge in [-0.1, -0.05) is 26.0 Å². The van der Waals surface area contributed by atoms with Crippen molar-refractivity contribution in [2.45, 2.75) is 32.6 Å². The summed E-state index contributed by atoms with van der Waals surface area (Å²) in [4.78, 5) is 23.8. The molecule has 0 aromatic heterocycles. The third-order valence-corrected chi connectivity index (χ3v) is 4.54. The van der Waals surface area contributed by atoms with Gasteiger partial charge in [0.1, 0.15) is 5.75 Å². The zero-order chi connectivity index (χ0) is 19.0. The van der Waals surface area contributed by atoms with Crippen molar-refractivity contribution in [3.8, 4) is 6.07 Å². The highest BCUT2D eigenvalue weighted by Gasteiger charge is 2.19. The van der Waals surface area contributed by atoms with E-state index in [9.17, 15) is 18.0 Å². The lowest BCUT2D eigenvalue weighted by Gasteiger charge is -2.14. The van der Waals surface area contributed by atoms with Crippen LogP contribution in [0.15, 0.2) is 24.3 Å². The summed E-state index contributed by atoms with van der Waals surface area (Å²) in [7, 11) is -3.49. The number of ether oxygens (including phenoxy) is 1. The molecular formula is C17H22N2O5S. The van der Waals surface area contributed by atoms with E-state index < -0.39 is 27.7 Å². The number of esters is 1. The number of nitrogens with zero attached hydrogens (tertiary/aromatic N) is 1. The molecule has 0 spiro atoms. The van der Waals surface area contributed by atoms with Gasteiger partial charge in [0.2, 0.25) is 0 Å². The maximum absolute atomic E-state index is 12.0. The lowest BCUT2D eigenvalue weighted by atomic mass is 10.1. The van der Waals surface area contributed by atoms with E-state index in [-0.39, 0.29) is 23.1 Å². The van der Waals surface area contributed by atoms with Crippen LogP contribution in [-0.2, 0) is 25.1 Å². The summed E-state index contributed by atoms with van der Waals surface area (Å²) in [6, 6.07) is 7.43. The first-order valence-corrected chi connectivity index (χ1v) is 9.61. The predicted octanol–water partition coefficient (Wildman–Crippen LogP) is 1.44. The second kappa shape index (κ2) is 9.18. The van der Waals surface area contributed by atoms with Gasteiger partial charge in [0.15, 0.2) is 15.9 Å². The Bertz CT molecular complexity index is 748. The first-order valence-electron chi connectivity index (χ1n) is 7.79. The molecule has 0 radical (unpaired) electrons. The summed E-state index contributed by atoms with van der Waals surface area (Å²) in [5, 5.41) is 11.1. The molecule has 1 aromatic carbocycles. The molecule has 0 saturated heterocycles. The van der Waals surface area contributed by atoms with Gasteiger partial charge in [-0.25, -0.2) is 13.2 Å². The van der Waals surface area contributed by atoms with Crippen LogP contribution in [0.3, 0.4) is 0 Å². The summed E-state index contributed by atoms with van der Waals surface area (Å²) in [6.07, 6.45) is -0.929. The van der Waals surface area contributed by atoms with Crippen LogP contribution >= 0.6 is 0 Å². The van der Waals surface area contributed by atoms with E-state index in [1.165, 1.54) is 31.2 Å². The Hall–Kier alpha value is -2.40. The monoisotopic (exact) mass is 366 g/mol. The fourth-order valence-electron chi connectivity index (χ4n) is 1.87. The van der Waals surface area contributed by atoms with Crippen LogP contribution in [0.5, 0.6) is 0 Å². The molecule has 0 unspecified atom stereocenters. The topological polar surface area (TPSA) is 113 Å². The van der Waals surface area contributed by atoms with E-state index >= 15 is 0 Å². The van der Waals surface area contributed by atoms with E-state index in [1.54, 1.807) is 6.07 Å². The highest BCUT2D eigenvalue weighted by Crippen LogP contribution is 2.11. The van der Waals surface area contributed by atoms with Crippen molar-refractivity contribution >= 4 is 21.7 Å². The number of hydrogen-bond donors (Lipinski definition) is 1. The second-order valence-corrected chi connectivity index (χ2v) is 8.14. The number of rotatable bonds is 8. The smallest absolute Gasteiger partial charge is 0.338 e. The Balaban J connectivity index is 2.65. The highest BCUT2D eigenvalue weighted by molar-refractivity contribution is 7.90. The number of nitriles is 1. The van der Waals surface area contributed by atoms with E-state index in [2.05, 4.69) is 5.32 Å². The summed E-state index contributed by atoms with van der Waals surface area (Å²) in [6.45, 7) is 5.88. The van der Waals surface area contributed by atoms with E-state index in [1.807, 2.05) is 13.8 Å². The molecule has 1 rings (SSSR count). The zero-order valence-corrected chi connectivity index (χ0v) is 15.3. The Morgan fingerprint density at radius 2 is 1.80 bits per heavy atom. The van der Waals surface area contributed by atoms with Gasteiger partial charge < -0.3 is 10.1 Å². The average molecular weight is 366 g/mol. The molecule has 0 heterocycles. The molecule has 0 saturated carbocycles. The fourth-order valence-corrected chi connectivity index (χ4v) is 2.87. The van der Waals surface area contributed by atoms with E-state index in [4.69, 9.17) is 10.00 Å². The Kier molecular flexibility index (Phi) is 7.58. The van der Waals surface area contributed by atoms with Crippen molar-refractivity contribution in [1.29, 1.82) is 5.26 Å². The van der Waals surface area contributed by atoms with Crippen molar-refractivity contribution in [2.75, 3.05) is 12.3 Å². The second-order valence-electron chi connectivity index (χ2n) is 6.07. The highest BCUT2D eigenvalue weighted by atomic mass is 32.2. The molecule has 1 N–H and O–H groups in total. The van der Waals surface area contributed by atoms with Crippen LogP contribution in [0.2, 0.25) is 0 Å². The molecule has 0 fully saturated rings. The first kappa shape index (κ1) is 20.6. The minimum Gasteiger partial charge on any atom is -0.449 e. The molecule has 1 aromatic rings. The lowest BCUT2D eigenvalue weighted by Crippen LogP contribution is -2.37. The standard InChI is InChI=1S/C17H22N2O5S/c1-12(2)10-19-16(20)13(3)24-17(21)15-6-4-14(5-7-15)11-25(22,23)9-8-18/h4-7,12-13H,9-11H2,1-3H3,(H,19,20)/t13-/m0/s1. The lowest BCUT2D eigenvalue weighted by molar-refractivity contribution is -0.129. The number of hydrogen-bond acceptors (Lipinski definition) is 6. The number of benzene rings is 1. The molecule has 25 heavy (non-hydrogen) atoms. The molecule has 1 atom stereocenters. The summed E-state index contributed by atoms with van der Waals surface area (Å²) in [5.74, 6) is -1.58. The fraction of sp³-hybridized carbons (Fsp3) is 0.471. The van der Waals surface area contributed by atoms with E-state index in [0.29, 0.717) is 12.1 Å². The number of amides is 1. The third kappa shape index (κ3) is 7.35. The third-order valence-electron chi connectivity index (χ3n) is 3.20. The molecule has 0 aliphatic rings. The van der Waals surface area contributed by atoms with Gasteiger partial charge in [-0.3, -0.25) is 4.79 Å². The quantitative estimate of drug-likeness (QED) is 0.697. The first-order chi connectivity index (χ1) is 11.6. The predicted molar refractivity (Wildman–Crippen MR) is 92.3 cm³/mol. The summed E-state index contributed by atoms with van der Waals surface area (Å²) >= 11 is 0. The van der Waals surface area contributed by atoms with Crippen LogP contribution in [0, 0.1) is 17.2 Å². The van der Waals surface area contributed by atoms with Gasteiger partial charge in [-0.05, 0) is 30.5 Å². The van der Waals surface area contributed by atoms with Crippen molar-refractivity contribution < 1.29 is 22.7 Å². The Morgan fingerprint density at radius 3 is 2.32 bits per heavy atom. The van der Waals surface area contributed by atoms with Gasteiger partial charge in [-0.2, -0.15) is 5.26 Å². The zero-order valence-electron chi connectivity index (χ0n) is 14.5. The minimum atomic E-state index is -3.49. The van der Waals surface area contributed by atoms with Crippen molar-refractivity contribution in [3.05, 3.63) is 35.4 Å². The van der Waals surface area contributed by atoms with Gasteiger partial charge >= 0.3 is 5.97 Å². The normalized spacial score (nSPS) is 12.3. The molecular weight excluding hydrogens is 344 g/mol. The van der Waals surface area contributed by atoms with Crippen molar-refractivity contribution in [2.24, 2.45) is 5.92 Å². The van der Waals surface area contributed by atoms with Crippen LogP contribution in [-0.4, -0.2) is 38.7 Å². The molecule has 1 amide bonds. The van der Waals surface area contributed by atoms with Crippen molar-refractivity contribution in [1.82, 2.24) is 5.32 Å². The van der Waals surface area contributed by atoms with Gasteiger partial charge in [0.05, 0.1) is 17.4 Å². The SMILES string of the molecule is CC(C)CNC(=O)[C@H](C)OC(=O)c1ccc(CS(=O)(=O)CC#N)cc1. The number of nitrogens with one attached hydrogen (secondary N) is 1. The van der Waals surface area contributed by atoms with Crippen LogP contribution in [0.4, 0.5) is 0 Å². The Labute approximate surface area is 147 Å². The number of carbonyl (C=O) groups is 2. The average Bonchev–Trinajstić information content (AvgIpc) is 2.52. The van der Waals surface area contributed by atoms with Gasteiger partial charge in [-0.15, -0.1) is 0 Å². The van der Waals surface area contributed by atoms with Crippen LogP contribution < -0.4 is 5.32 Å². The van der Waals surface area contributed by atoms with Gasteiger partial charge in [0.25, 0.3) is 5.91 Å².